The van der Waals surface area contributed by atoms with Crippen LogP contribution >= 0.6 is 0 Å². The van der Waals surface area contributed by atoms with Gasteiger partial charge < -0.3 is 14.1 Å². The van der Waals surface area contributed by atoms with Crippen LogP contribution in [0.25, 0.3) is 0 Å². The first kappa shape index (κ1) is 23.3. The molecule has 0 saturated carbocycles. The minimum absolute atomic E-state index is 0.0438. The number of hydrogen-bond donors (Lipinski definition) is 0. The molecule has 170 valence electrons. The van der Waals surface area contributed by atoms with E-state index in [1.807, 2.05) is 29.2 Å². The number of nitrogens with zero attached hydrogens (tertiary/aromatic N) is 3. The molecule has 0 atom stereocenters. The summed E-state index contributed by atoms with van der Waals surface area (Å²) < 4.78 is 36.2. The molecule has 1 aliphatic rings. The van der Waals surface area contributed by atoms with E-state index >= 15 is 0 Å². The third kappa shape index (κ3) is 6.09. The van der Waals surface area contributed by atoms with E-state index < -0.39 is 10.0 Å². The predicted molar refractivity (Wildman–Crippen MR) is 117 cm³/mol. The summed E-state index contributed by atoms with van der Waals surface area (Å²) in [4.78, 5) is 16.8. The second kappa shape index (κ2) is 10.3. The average molecular weight is 450 g/mol. The first-order valence-electron chi connectivity index (χ1n) is 10.4. The monoisotopic (exact) mass is 449 g/mol. The largest absolute Gasteiger partial charge is 0.497 e. The van der Waals surface area contributed by atoms with Gasteiger partial charge in [0, 0.05) is 46.7 Å². The number of benzene rings is 1. The van der Waals surface area contributed by atoms with Crippen molar-refractivity contribution < 1.29 is 22.4 Å². The Balaban J connectivity index is 1.49. The van der Waals surface area contributed by atoms with Crippen LogP contribution in [0.5, 0.6) is 5.75 Å². The molecule has 0 N–H and O–H groups in total. The molecule has 1 aromatic carbocycles. The highest BCUT2D eigenvalue weighted by Crippen LogP contribution is 2.19. The maximum atomic E-state index is 12.7. The zero-order valence-corrected chi connectivity index (χ0v) is 19.2. The minimum Gasteiger partial charge on any atom is -0.497 e. The van der Waals surface area contributed by atoms with Gasteiger partial charge >= 0.3 is 0 Å². The molecular weight excluding hydrogens is 418 g/mol. The van der Waals surface area contributed by atoms with Crippen LogP contribution in [-0.4, -0.2) is 75.8 Å². The molecule has 3 rings (SSSR count). The van der Waals surface area contributed by atoms with Gasteiger partial charge in [0.15, 0.2) is 0 Å². The summed E-state index contributed by atoms with van der Waals surface area (Å²) in [6.45, 7) is 3.47. The van der Waals surface area contributed by atoms with Crippen LogP contribution < -0.4 is 4.74 Å². The lowest BCUT2D eigenvalue weighted by molar-refractivity contribution is -0.131. The summed E-state index contributed by atoms with van der Waals surface area (Å²) in [5.41, 5.74) is 1.12. The van der Waals surface area contributed by atoms with E-state index in [9.17, 15) is 13.2 Å². The van der Waals surface area contributed by atoms with Gasteiger partial charge in [-0.25, -0.2) is 12.7 Å². The van der Waals surface area contributed by atoms with Crippen LogP contribution in [0.1, 0.15) is 24.2 Å². The van der Waals surface area contributed by atoms with Crippen molar-refractivity contribution in [3.8, 4) is 5.75 Å². The number of carbonyl (C=O) groups excluding carboxylic acids is 1. The summed E-state index contributed by atoms with van der Waals surface area (Å²) >= 11 is 0. The Morgan fingerprint density at radius 2 is 1.81 bits per heavy atom. The predicted octanol–water partition coefficient (Wildman–Crippen LogP) is 2.21. The molecule has 1 saturated heterocycles. The lowest BCUT2D eigenvalue weighted by Crippen LogP contribution is -2.35. The second-order valence-electron chi connectivity index (χ2n) is 7.87. The van der Waals surface area contributed by atoms with E-state index in [4.69, 9.17) is 9.15 Å². The average Bonchev–Trinajstić information content (AvgIpc) is 3.11. The van der Waals surface area contributed by atoms with Crippen LogP contribution in [0.15, 0.2) is 45.9 Å². The molecular formula is C22H31N3O5S. The van der Waals surface area contributed by atoms with E-state index in [-0.39, 0.29) is 11.0 Å². The smallest absolute Gasteiger partial charge is 0.275 e. The van der Waals surface area contributed by atoms with E-state index in [1.165, 1.54) is 20.2 Å². The molecule has 1 aromatic heterocycles. The molecule has 1 fully saturated rings. The summed E-state index contributed by atoms with van der Waals surface area (Å²) in [5, 5.41) is -0.0438. The summed E-state index contributed by atoms with van der Waals surface area (Å²) in [7, 11) is 1.02. The number of sulfonamides is 1. The van der Waals surface area contributed by atoms with Gasteiger partial charge in [-0.05, 0) is 42.7 Å². The van der Waals surface area contributed by atoms with Crippen molar-refractivity contribution in [1.29, 1.82) is 0 Å². The van der Waals surface area contributed by atoms with Crippen LogP contribution in [0.3, 0.4) is 0 Å². The Kier molecular flexibility index (Phi) is 7.74. The fraction of sp³-hybridized carbons (Fsp3) is 0.500. The molecule has 8 nitrogen and oxygen atoms in total. The number of amides is 1. The molecule has 0 bridgehead atoms. The van der Waals surface area contributed by atoms with Gasteiger partial charge in [0.2, 0.25) is 11.0 Å². The Morgan fingerprint density at radius 1 is 1.06 bits per heavy atom. The summed E-state index contributed by atoms with van der Waals surface area (Å²) in [6.07, 6.45) is 2.06. The highest BCUT2D eigenvalue weighted by molar-refractivity contribution is 7.88. The van der Waals surface area contributed by atoms with E-state index in [1.54, 1.807) is 13.2 Å². The molecule has 0 unspecified atom stereocenters. The highest BCUT2D eigenvalue weighted by atomic mass is 32.2. The van der Waals surface area contributed by atoms with Crippen LogP contribution in [0.4, 0.5) is 0 Å². The molecule has 31 heavy (non-hydrogen) atoms. The van der Waals surface area contributed by atoms with Crippen LogP contribution in [0.2, 0.25) is 0 Å². The number of hydrogen-bond acceptors (Lipinski definition) is 6. The Bertz CT molecular complexity index is 969. The van der Waals surface area contributed by atoms with Crippen molar-refractivity contribution >= 4 is 15.9 Å². The van der Waals surface area contributed by atoms with Crippen molar-refractivity contribution in [2.75, 3.05) is 47.4 Å². The first-order valence-corrected chi connectivity index (χ1v) is 11.9. The molecule has 9 heteroatoms. The van der Waals surface area contributed by atoms with Crippen LogP contribution in [0, 0.1) is 0 Å². The number of rotatable bonds is 8. The van der Waals surface area contributed by atoms with Gasteiger partial charge in [-0.15, -0.1) is 0 Å². The molecule has 1 aliphatic heterocycles. The topological polar surface area (TPSA) is 83.3 Å². The Hall–Kier alpha value is -2.36. The van der Waals surface area contributed by atoms with E-state index in [2.05, 4.69) is 4.90 Å². The highest BCUT2D eigenvalue weighted by Gasteiger charge is 2.23. The van der Waals surface area contributed by atoms with E-state index in [0.717, 1.165) is 41.7 Å². The number of aryl methyl sites for hydroxylation is 1. The molecule has 2 aromatic rings. The van der Waals surface area contributed by atoms with Gasteiger partial charge in [0.1, 0.15) is 11.5 Å². The van der Waals surface area contributed by atoms with Gasteiger partial charge in [-0.2, -0.15) is 0 Å². The number of furan rings is 1. The Morgan fingerprint density at radius 3 is 2.48 bits per heavy atom. The maximum absolute atomic E-state index is 12.7. The van der Waals surface area contributed by atoms with Crippen molar-refractivity contribution in [1.82, 2.24) is 14.1 Å². The van der Waals surface area contributed by atoms with Gasteiger partial charge in [-0.3, -0.25) is 9.69 Å². The third-order valence-corrected chi connectivity index (χ3v) is 7.17. The van der Waals surface area contributed by atoms with E-state index in [0.29, 0.717) is 31.7 Å². The fourth-order valence-corrected chi connectivity index (χ4v) is 4.37. The number of carbonyl (C=O) groups is 1. The lowest BCUT2D eigenvalue weighted by Gasteiger charge is -2.21. The zero-order chi connectivity index (χ0) is 22.4. The summed E-state index contributed by atoms with van der Waals surface area (Å²) in [5.74, 6) is 1.58. The van der Waals surface area contributed by atoms with Crippen LogP contribution in [-0.2, 0) is 27.8 Å². The van der Waals surface area contributed by atoms with Crippen molar-refractivity contribution in [2.45, 2.75) is 30.9 Å². The zero-order valence-electron chi connectivity index (χ0n) is 18.4. The fourth-order valence-electron chi connectivity index (χ4n) is 3.56. The van der Waals surface area contributed by atoms with Crippen molar-refractivity contribution in [3.05, 3.63) is 47.7 Å². The van der Waals surface area contributed by atoms with Gasteiger partial charge in [0.05, 0.1) is 13.7 Å². The van der Waals surface area contributed by atoms with Crippen molar-refractivity contribution in [2.24, 2.45) is 0 Å². The number of methoxy groups -OCH3 is 1. The molecule has 0 radical (unpaired) electrons. The second-order valence-corrected chi connectivity index (χ2v) is 9.95. The quantitative estimate of drug-likeness (QED) is 0.615. The third-order valence-electron chi connectivity index (χ3n) is 5.48. The molecule has 0 spiro atoms. The molecule has 1 amide bonds. The minimum atomic E-state index is -3.57. The SMILES string of the molecule is COc1ccc(CCC(=O)N2CCCN(Cc3ccc(S(=O)(=O)N(C)C)o3)CC2)cc1. The maximum Gasteiger partial charge on any atom is 0.275 e. The molecule has 0 aliphatic carbocycles. The van der Waals surface area contributed by atoms with Crippen molar-refractivity contribution in [3.63, 3.8) is 0 Å². The summed E-state index contributed by atoms with van der Waals surface area (Å²) in [6, 6.07) is 11.0. The normalized spacial score (nSPS) is 15.8. The first-order chi connectivity index (χ1) is 14.8. The van der Waals surface area contributed by atoms with Gasteiger partial charge in [0.25, 0.3) is 10.0 Å². The Labute approximate surface area is 184 Å². The number of ether oxygens (including phenoxy) is 1. The lowest BCUT2D eigenvalue weighted by atomic mass is 10.1. The standard InChI is InChI=1S/C22H31N3O5S/c1-23(2)31(27,28)22-12-10-20(30-22)17-24-13-4-14-25(16-15-24)21(26)11-7-18-5-8-19(29-3)9-6-18/h5-6,8-10,12H,4,7,11,13-17H2,1-3H3. The van der Waals surface area contributed by atoms with Gasteiger partial charge in [-0.1, -0.05) is 12.1 Å². The molecule has 2 heterocycles.